The molecule has 2 aliphatic heterocycles. The Morgan fingerprint density at radius 1 is 1.18 bits per heavy atom. The van der Waals surface area contributed by atoms with E-state index in [4.69, 9.17) is 13.7 Å². The topological polar surface area (TPSA) is 95.2 Å². The van der Waals surface area contributed by atoms with Crippen LogP contribution < -0.4 is 4.90 Å². The Bertz CT molecular complexity index is 896. The van der Waals surface area contributed by atoms with Crippen LogP contribution in [0, 0.1) is 0 Å². The van der Waals surface area contributed by atoms with Gasteiger partial charge in [0.25, 0.3) is 5.89 Å². The summed E-state index contributed by atoms with van der Waals surface area (Å²) in [7, 11) is 0. The van der Waals surface area contributed by atoms with Crippen molar-refractivity contribution >= 4 is 17.7 Å². The molecule has 3 aromatic rings. The third-order valence-electron chi connectivity index (χ3n) is 5.03. The fraction of sp³-hybridized carbons (Fsp3) is 0.556. The zero-order chi connectivity index (χ0) is 18.8. The highest BCUT2D eigenvalue weighted by Crippen LogP contribution is 2.29. The minimum Gasteiger partial charge on any atom is -0.459 e. The first-order valence-electron chi connectivity index (χ1n) is 9.66. The number of rotatable bonds is 7. The Morgan fingerprint density at radius 3 is 2.89 bits per heavy atom. The third kappa shape index (κ3) is 3.66. The summed E-state index contributed by atoms with van der Waals surface area (Å²) in [5.41, 5.74) is 0. The van der Waals surface area contributed by atoms with E-state index in [1.807, 2.05) is 0 Å². The molecule has 1 atom stereocenters. The second-order valence-electron chi connectivity index (χ2n) is 7.00. The van der Waals surface area contributed by atoms with Crippen LogP contribution in [0.1, 0.15) is 31.5 Å². The fourth-order valence-corrected chi connectivity index (χ4v) is 4.42. The van der Waals surface area contributed by atoms with E-state index in [2.05, 4.69) is 29.8 Å². The molecule has 0 aromatic carbocycles. The number of anilines is 1. The average molecular weight is 402 g/mol. The number of furan rings is 1. The quantitative estimate of drug-likeness (QED) is 0.553. The van der Waals surface area contributed by atoms with Crippen molar-refractivity contribution in [3.8, 4) is 11.7 Å². The zero-order valence-electron chi connectivity index (χ0n) is 15.5. The van der Waals surface area contributed by atoms with E-state index < -0.39 is 0 Å². The summed E-state index contributed by atoms with van der Waals surface area (Å²) in [6.45, 7) is 3.69. The van der Waals surface area contributed by atoms with Gasteiger partial charge in [0.2, 0.25) is 5.95 Å². The maximum Gasteiger partial charge on any atom is 0.293 e. The van der Waals surface area contributed by atoms with Gasteiger partial charge in [0.15, 0.2) is 16.7 Å². The van der Waals surface area contributed by atoms with Gasteiger partial charge in [0.1, 0.15) is 0 Å². The van der Waals surface area contributed by atoms with E-state index in [0.717, 1.165) is 50.2 Å². The first-order valence-corrected chi connectivity index (χ1v) is 10.6. The molecule has 148 valence electrons. The lowest BCUT2D eigenvalue weighted by Crippen LogP contribution is -2.25. The van der Waals surface area contributed by atoms with Gasteiger partial charge in [0, 0.05) is 19.7 Å². The van der Waals surface area contributed by atoms with Crippen molar-refractivity contribution in [2.45, 2.75) is 49.2 Å². The van der Waals surface area contributed by atoms with E-state index in [9.17, 15) is 0 Å². The Hall–Kier alpha value is -2.33. The molecule has 2 aliphatic rings. The molecule has 0 amide bonds. The Morgan fingerprint density at radius 2 is 2.11 bits per heavy atom. The lowest BCUT2D eigenvalue weighted by atomic mass is 10.2. The molecule has 28 heavy (non-hydrogen) atoms. The van der Waals surface area contributed by atoms with Gasteiger partial charge in [-0.05, 0) is 37.8 Å². The van der Waals surface area contributed by atoms with Crippen molar-refractivity contribution < 1.29 is 13.7 Å². The third-order valence-corrected chi connectivity index (χ3v) is 5.99. The van der Waals surface area contributed by atoms with Gasteiger partial charge in [-0.15, -0.1) is 10.2 Å². The number of thioether (sulfide) groups is 1. The second kappa shape index (κ2) is 7.96. The van der Waals surface area contributed by atoms with Gasteiger partial charge in [-0.1, -0.05) is 16.9 Å². The lowest BCUT2D eigenvalue weighted by Gasteiger charge is -2.20. The number of ether oxygens (including phenoxy) is 1. The molecule has 0 radical (unpaired) electrons. The highest BCUT2D eigenvalue weighted by molar-refractivity contribution is 7.98. The van der Waals surface area contributed by atoms with Crippen LogP contribution in [0.15, 0.2) is 32.5 Å². The van der Waals surface area contributed by atoms with Crippen LogP contribution in [0.25, 0.3) is 11.7 Å². The molecule has 2 saturated heterocycles. The predicted molar refractivity (Wildman–Crippen MR) is 102 cm³/mol. The Balaban J connectivity index is 1.32. The van der Waals surface area contributed by atoms with Crippen LogP contribution in [0.4, 0.5) is 5.95 Å². The second-order valence-corrected chi connectivity index (χ2v) is 7.95. The van der Waals surface area contributed by atoms with Crippen molar-refractivity contribution in [3.05, 3.63) is 24.2 Å². The summed E-state index contributed by atoms with van der Waals surface area (Å²) in [5.74, 6) is 3.06. The van der Waals surface area contributed by atoms with Crippen molar-refractivity contribution in [2.75, 3.05) is 24.6 Å². The van der Waals surface area contributed by atoms with Crippen LogP contribution in [0.5, 0.6) is 0 Å². The van der Waals surface area contributed by atoms with E-state index in [0.29, 0.717) is 23.2 Å². The highest BCUT2D eigenvalue weighted by Gasteiger charge is 2.25. The lowest BCUT2D eigenvalue weighted by molar-refractivity contribution is 0.0952. The maximum absolute atomic E-state index is 5.85. The highest BCUT2D eigenvalue weighted by atomic mass is 32.2. The van der Waals surface area contributed by atoms with Crippen molar-refractivity contribution in [3.63, 3.8) is 0 Å². The molecule has 9 nitrogen and oxygen atoms in total. The van der Waals surface area contributed by atoms with E-state index in [-0.39, 0.29) is 6.10 Å². The monoisotopic (exact) mass is 402 g/mol. The fourth-order valence-electron chi connectivity index (χ4n) is 3.63. The van der Waals surface area contributed by atoms with E-state index >= 15 is 0 Å². The van der Waals surface area contributed by atoms with Gasteiger partial charge < -0.3 is 18.6 Å². The van der Waals surface area contributed by atoms with Crippen LogP contribution in [0.2, 0.25) is 0 Å². The summed E-state index contributed by atoms with van der Waals surface area (Å²) >= 11 is 1.57. The van der Waals surface area contributed by atoms with E-state index in [1.54, 1.807) is 30.2 Å². The number of hydrogen-bond acceptors (Lipinski definition) is 9. The summed E-state index contributed by atoms with van der Waals surface area (Å²) in [6, 6.07) is 3.59. The molecule has 10 heteroatoms. The largest absolute Gasteiger partial charge is 0.459 e. The van der Waals surface area contributed by atoms with Gasteiger partial charge >= 0.3 is 0 Å². The summed E-state index contributed by atoms with van der Waals surface area (Å²) in [5, 5.41) is 13.8. The number of nitrogens with zero attached hydrogens (tertiary/aromatic N) is 6. The molecule has 0 bridgehead atoms. The maximum atomic E-state index is 5.85. The minimum atomic E-state index is 0.229. The van der Waals surface area contributed by atoms with Gasteiger partial charge in [-0.25, -0.2) is 0 Å². The van der Waals surface area contributed by atoms with Crippen LogP contribution in [-0.2, 0) is 17.0 Å². The smallest absolute Gasteiger partial charge is 0.293 e. The normalized spacial score (nSPS) is 19.7. The predicted octanol–water partition coefficient (Wildman–Crippen LogP) is 2.99. The molecule has 0 N–H and O–H groups in total. The van der Waals surface area contributed by atoms with Gasteiger partial charge in [-0.2, -0.15) is 4.98 Å². The minimum absolute atomic E-state index is 0.229. The van der Waals surface area contributed by atoms with Crippen LogP contribution >= 0.6 is 11.8 Å². The molecule has 3 aromatic heterocycles. The first-order chi connectivity index (χ1) is 13.9. The van der Waals surface area contributed by atoms with Crippen molar-refractivity contribution in [1.29, 1.82) is 0 Å². The number of aromatic nitrogens is 5. The molecule has 2 fully saturated rings. The molecule has 0 saturated carbocycles. The van der Waals surface area contributed by atoms with Gasteiger partial charge in [-0.3, -0.25) is 4.57 Å². The number of hydrogen-bond donors (Lipinski definition) is 0. The van der Waals surface area contributed by atoms with Crippen molar-refractivity contribution in [1.82, 2.24) is 24.9 Å². The molecule has 0 unspecified atom stereocenters. The average Bonchev–Trinajstić information content (AvgIpc) is 3.53. The molecule has 5 heterocycles. The summed E-state index contributed by atoms with van der Waals surface area (Å²) in [6.07, 6.45) is 6.42. The van der Waals surface area contributed by atoms with Crippen LogP contribution in [0.3, 0.4) is 0 Å². The standard InChI is InChI=1S/C18H22N6O3S/c1-2-8-23(7-1)17-20-21-18(24(17)11-13-5-3-9-25-13)28-12-15-19-16(27-22-15)14-6-4-10-26-14/h4,6,10,13H,1-3,5,7-9,11-12H2/t13-/m1/s1. The molecule has 0 aliphatic carbocycles. The molecular formula is C18H22N6O3S. The molecule has 0 spiro atoms. The first kappa shape index (κ1) is 17.7. The summed E-state index contributed by atoms with van der Waals surface area (Å²) in [4.78, 5) is 6.71. The Labute approximate surface area is 166 Å². The van der Waals surface area contributed by atoms with E-state index in [1.165, 1.54) is 12.8 Å². The SMILES string of the molecule is c1coc(-c2nc(CSc3nnc(N4CCCC4)n3C[C@H]3CCCO3)no2)c1. The van der Waals surface area contributed by atoms with Gasteiger partial charge in [0.05, 0.1) is 24.7 Å². The molecular weight excluding hydrogens is 380 g/mol. The zero-order valence-corrected chi connectivity index (χ0v) is 16.3. The van der Waals surface area contributed by atoms with Crippen molar-refractivity contribution in [2.24, 2.45) is 0 Å². The summed E-state index contributed by atoms with van der Waals surface area (Å²) < 4.78 is 18.6. The van der Waals surface area contributed by atoms with Crippen LogP contribution in [-0.4, -0.2) is 50.7 Å². The Kier molecular flexibility index (Phi) is 5.05. The molecule has 5 rings (SSSR count).